The minimum absolute atomic E-state index is 0.127. The van der Waals surface area contributed by atoms with Gasteiger partial charge in [-0.15, -0.1) is 0 Å². The number of benzene rings is 1. The molecule has 0 saturated carbocycles. The van der Waals surface area contributed by atoms with E-state index >= 15 is 0 Å². The fourth-order valence-corrected chi connectivity index (χ4v) is 2.83. The molecular formula is C20H23NO6. The maximum absolute atomic E-state index is 12.6. The van der Waals surface area contributed by atoms with Gasteiger partial charge >= 0.3 is 5.97 Å². The monoisotopic (exact) mass is 373 g/mol. The minimum atomic E-state index is -1.01. The van der Waals surface area contributed by atoms with E-state index in [0.717, 1.165) is 0 Å². The van der Waals surface area contributed by atoms with Gasteiger partial charge in [-0.3, -0.25) is 9.59 Å². The first-order valence-corrected chi connectivity index (χ1v) is 8.45. The maximum atomic E-state index is 12.6. The quantitative estimate of drug-likeness (QED) is 0.564. The van der Waals surface area contributed by atoms with Crippen LogP contribution in [0.4, 0.5) is 0 Å². The first-order chi connectivity index (χ1) is 12.7. The summed E-state index contributed by atoms with van der Waals surface area (Å²) in [7, 11) is 1.55. The molecule has 0 aliphatic heterocycles. The second kappa shape index (κ2) is 8.53. The summed E-state index contributed by atoms with van der Waals surface area (Å²) < 4.78 is 15.5. The summed E-state index contributed by atoms with van der Waals surface area (Å²) in [4.78, 5) is 39.1. The smallest absolute Gasteiger partial charge is 0.344 e. The Kier molecular flexibility index (Phi) is 6.39. The molecule has 1 atom stereocenters. The first-order valence-electron chi connectivity index (χ1n) is 8.45. The van der Waals surface area contributed by atoms with E-state index in [9.17, 15) is 14.4 Å². The number of ether oxygens (including phenoxy) is 3. The van der Waals surface area contributed by atoms with Crippen molar-refractivity contribution < 1.29 is 28.6 Å². The number of H-pyrrole nitrogens is 1. The van der Waals surface area contributed by atoms with Gasteiger partial charge in [0.05, 0.1) is 12.8 Å². The molecule has 0 amide bonds. The number of aromatic nitrogens is 1. The van der Waals surface area contributed by atoms with Crippen molar-refractivity contribution >= 4 is 17.5 Å². The van der Waals surface area contributed by atoms with Crippen molar-refractivity contribution in [3.8, 4) is 11.5 Å². The van der Waals surface area contributed by atoms with E-state index < -0.39 is 17.9 Å². The number of aromatic amines is 1. The second-order valence-electron chi connectivity index (χ2n) is 6.14. The highest BCUT2D eigenvalue weighted by atomic mass is 16.6. The number of nitrogens with one attached hydrogen (secondary N) is 1. The number of rotatable bonds is 8. The van der Waals surface area contributed by atoms with Crippen molar-refractivity contribution in [1.82, 2.24) is 4.98 Å². The Morgan fingerprint density at radius 3 is 2.19 bits per heavy atom. The molecule has 0 saturated heterocycles. The number of ketones is 2. The number of hydrogen-bond donors (Lipinski definition) is 1. The number of hydrogen-bond acceptors (Lipinski definition) is 6. The fourth-order valence-electron chi connectivity index (χ4n) is 2.83. The third kappa shape index (κ3) is 4.75. The molecular weight excluding hydrogens is 350 g/mol. The van der Waals surface area contributed by atoms with E-state index in [-0.39, 0.29) is 18.1 Å². The third-order valence-corrected chi connectivity index (χ3v) is 4.13. The molecule has 1 N–H and O–H groups in total. The third-order valence-electron chi connectivity index (χ3n) is 4.13. The van der Waals surface area contributed by atoms with Crippen LogP contribution in [-0.2, 0) is 9.53 Å². The van der Waals surface area contributed by atoms with E-state index in [1.165, 1.54) is 13.8 Å². The molecule has 0 fully saturated rings. The van der Waals surface area contributed by atoms with Crippen LogP contribution in [0, 0.1) is 13.8 Å². The van der Waals surface area contributed by atoms with Gasteiger partial charge in [-0.05, 0) is 57.5 Å². The van der Waals surface area contributed by atoms with Crippen molar-refractivity contribution in [3.05, 3.63) is 46.8 Å². The van der Waals surface area contributed by atoms with Gasteiger partial charge in [0.15, 0.2) is 18.5 Å². The molecule has 7 nitrogen and oxygen atoms in total. The summed E-state index contributed by atoms with van der Waals surface area (Å²) in [5.41, 5.74) is 1.93. The zero-order valence-electron chi connectivity index (χ0n) is 16.0. The maximum Gasteiger partial charge on any atom is 0.344 e. The summed E-state index contributed by atoms with van der Waals surface area (Å²) in [5, 5.41) is 0. The Morgan fingerprint density at radius 2 is 1.67 bits per heavy atom. The van der Waals surface area contributed by atoms with E-state index in [2.05, 4.69) is 4.98 Å². The number of carbonyl (C=O) groups excluding carboxylic acids is 3. The molecule has 0 radical (unpaired) electrons. The summed E-state index contributed by atoms with van der Waals surface area (Å²) in [5.74, 6) is -0.0440. The largest absolute Gasteiger partial charge is 0.497 e. The van der Waals surface area contributed by atoms with Gasteiger partial charge in [-0.2, -0.15) is 0 Å². The Bertz CT molecular complexity index is 850. The van der Waals surface area contributed by atoms with Gasteiger partial charge in [0.1, 0.15) is 11.5 Å². The van der Waals surface area contributed by atoms with Crippen molar-refractivity contribution in [3.63, 3.8) is 0 Å². The number of carbonyl (C=O) groups is 3. The topological polar surface area (TPSA) is 94.7 Å². The van der Waals surface area contributed by atoms with E-state index in [1.54, 1.807) is 45.2 Å². The van der Waals surface area contributed by atoms with Crippen LogP contribution < -0.4 is 9.47 Å². The zero-order valence-corrected chi connectivity index (χ0v) is 16.0. The lowest BCUT2D eigenvalue weighted by Gasteiger charge is -2.13. The van der Waals surface area contributed by atoms with Crippen LogP contribution in [0.3, 0.4) is 0 Å². The lowest BCUT2D eigenvalue weighted by molar-refractivity contribution is -0.148. The normalized spacial score (nSPS) is 11.6. The molecule has 2 aromatic rings. The van der Waals surface area contributed by atoms with E-state index in [4.69, 9.17) is 14.2 Å². The predicted octanol–water partition coefficient (Wildman–Crippen LogP) is 3.04. The Hall–Kier alpha value is -3.09. The second-order valence-corrected chi connectivity index (χ2v) is 6.14. The Morgan fingerprint density at radius 1 is 1.07 bits per heavy atom. The molecule has 1 aromatic heterocycles. The van der Waals surface area contributed by atoms with Crippen molar-refractivity contribution in [2.75, 3.05) is 13.7 Å². The van der Waals surface area contributed by atoms with Gasteiger partial charge in [-0.25, -0.2) is 4.79 Å². The van der Waals surface area contributed by atoms with Crippen molar-refractivity contribution in [2.24, 2.45) is 0 Å². The van der Waals surface area contributed by atoms with Gasteiger partial charge in [0.25, 0.3) is 0 Å². The predicted molar refractivity (Wildman–Crippen MR) is 98.6 cm³/mol. The number of esters is 1. The molecule has 0 spiro atoms. The van der Waals surface area contributed by atoms with Crippen LogP contribution in [0.15, 0.2) is 24.3 Å². The van der Waals surface area contributed by atoms with Crippen LogP contribution in [0.1, 0.15) is 46.0 Å². The first kappa shape index (κ1) is 20.2. The molecule has 0 bridgehead atoms. The van der Waals surface area contributed by atoms with Crippen LogP contribution in [0.2, 0.25) is 0 Å². The van der Waals surface area contributed by atoms with Crippen LogP contribution in [-0.4, -0.2) is 42.3 Å². The summed E-state index contributed by atoms with van der Waals surface area (Å²) in [6.07, 6.45) is -1.01. The number of aryl methyl sites for hydroxylation is 1. The standard InChI is InChI=1S/C20H23NO6/c1-11-18(13(3)22)12(2)21-19(11)20(24)14(4)27-17(23)10-26-16-8-6-15(25-5)7-9-16/h6-9,14,21H,10H2,1-5H3/t14-/m1/s1. The Balaban J connectivity index is 1.96. The van der Waals surface area contributed by atoms with Crippen molar-refractivity contribution in [1.29, 1.82) is 0 Å². The lowest BCUT2D eigenvalue weighted by atomic mass is 10.0. The summed E-state index contributed by atoms with van der Waals surface area (Å²) >= 11 is 0. The highest BCUT2D eigenvalue weighted by molar-refractivity contribution is 6.05. The summed E-state index contributed by atoms with van der Waals surface area (Å²) in [6.45, 7) is 6.01. The Labute approximate surface area is 157 Å². The van der Waals surface area contributed by atoms with Gasteiger partial charge in [0.2, 0.25) is 5.78 Å². The number of methoxy groups -OCH3 is 1. The molecule has 1 heterocycles. The van der Waals surface area contributed by atoms with Gasteiger partial charge < -0.3 is 19.2 Å². The molecule has 27 heavy (non-hydrogen) atoms. The average Bonchev–Trinajstić information content (AvgIpc) is 2.94. The highest BCUT2D eigenvalue weighted by Gasteiger charge is 2.26. The zero-order chi connectivity index (χ0) is 20.1. The fraction of sp³-hybridized carbons (Fsp3) is 0.350. The van der Waals surface area contributed by atoms with Crippen LogP contribution in [0.25, 0.3) is 0 Å². The summed E-state index contributed by atoms with van der Waals surface area (Å²) in [6, 6.07) is 6.73. The highest BCUT2D eigenvalue weighted by Crippen LogP contribution is 2.21. The minimum Gasteiger partial charge on any atom is -0.497 e. The van der Waals surface area contributed by atoms with E-state index in [1.807, 2.05) is 0 Å². The lowest BCUT2D eigenvalue weighted by Crippen LogP contribution is -2.28. The number of Topliss-reactive ketones (excluding diaryl/α,β-unsaturated/α-hetero) is 2. The van der Waals surface area contributed by atoms with Crippen LogP contribution >= 0.6 is 0 Å². The average molecular weight is 373 g/mol. The molecule has 2 rings (SSSR count). The van der Waals surface area contributed by atoms with Gasteiger partial charge in [0, 0.05) is 11.3 Å². The van der Waals surface area contributed by atoms with Crippen molar-refractivity contribution in [2.45, 2.75) is 33.8 Å². The molecule has 7 heteroatoms. The molecule has 0 unspecified atom stereocenters. The van der Waals surface area contributed by atoms with Gasteiger partial charge in [-0.1, -0.05) is 0 Å². The molecule has 144 valence electrons. The molecule has 1 aromatic carbocycles. The molecule has 0 aliphatic rings. The molecule has 0 aliphatic carbocycles. The van der Waals surface area contributed by atoms with E-state index in [0.29, 0.717) is 28.3 Å². The van der Waals surface area contributed by atoms with Crippen LogP contribution in [0.5, 0.6) is 11.5 Å². The SMILES string of the molecule is COc1ccc(OCC(=O)O[C@H](C)C(=O)c2[nH]c(C)c(C(C)=O)c2C)cc1.